The molecule has 0 spiro atoms. The van der Waals surface area contributed by atoms with Crippen LogP contribution in [0, 0.1) is 6.07 Å². The third-order valence-corrected chi connectivity index (χ3v) is 3.39. The second-order valence-electron chi connectivity index (χ2n) is 3.46. The summed E-state index contributed by atoms with van der Waals surface area (Å²) in [7, 11) is 0. The van der Waals surface area contributed by atoms with E-state index in [1.807, 2.05) is 12.1 Å². The second kappa shape index (κ2) is 3.52. The van der Waals surface area contributed by atoms with Crippen LogP contribution >= 0.6 is 11.3 Å². The van der Waals surface area contributed by atoms with E-state index in [0.29, 0.717) is 0 Å². The average molecular weight is 209 g/mol. The van der Waals surface area contributed by atoms with Crippen molar-refractivity contribution in [2.24, 2.45) is 0 Å². The van der Waals surface area contributed by atoms with Crippen LogP contribution in [0.25, 0.3) is 21.2 Å². The fraction of sp³-hybridized carbons (Fsp3) is 0. The molecular weight excluding hydrogens is 200 g/mol. The summed E-state index contributed by atoms with van der Waals surface area (Å²) in [5, 5.41) is 3.46. The molecule has 0 nitrogen and oxygen atoms in total. The van der Waals surface area contributed by atoms with Gasteiger partial charge in [-0.1, -0.05) is 36.4 Å². The molecule has 0 aliphatic heterocycles. The molecule has 0 N–H and O–H groups in total. The lowest BCUT2D eigenvalue weighted by Crippen LogP contribution is -1.75. The zero-order valence-corrected chi connectivity index (χ0v) is 8.92. The van der Waals surface area contributed by atoms with Gasteiger partial charge in [0.15, 0.2) is 0 Å². The highest BCUT2D eigenvalue weighted by atomic mass is 32.1. The lowest BCUT2D eigenvalue weighted by Gasteiger charge is -2.00. The number of hydrogen-bond donors (Lipinski definition) is 0. The molecular formula is C14H9S. The molecule has 3 aromatic rings. The van der Waals surface area contributed by atoms with E-state index in [4.69, 9.17) is 0 Å². The van der Waals surface area contributed by atoms with Gasteiger partial charge in [-0.3, -0.25) is 0 Å². The normalized spacial score (nSPS) is 10.7. The summed E-state index contributed by atoms with van der Waals surface area (Å²) in [6, 6.07) is 19.9. The van der Waals surface area contributed by atoms with Crippen molar-refractivity contribution in [2.45, 2.75) is 0 Å². The van der Waals surface area contributed by atoms with E-state index < -0.39 is 0 Å². The zero-order chi connectivity index (χ0) is 10.1. The largest absolute Gasteiger partial charge is 0.144 e. The number of fused-ring (bicyclic) bond motifs is 1. The third-order valence-electron chi connectivity index (χ3n) is 2.51. The molecule has 1 radical (unpaired) electrons. The first-order valence-electron chi connectivity index (χ1n) is 4.87. The van der Waals surface area contributed by atoms with Crippen molar-refractivity contribution in [3.05, 3.63) is 60.0 Å². The Morgan fingerprint density at radius 1 is 0.867 bits per heavy atom. The molecule has 0 atom stereocenters. The molecule has 2 aromatic carbocycles. The highest BCUT2D eigenvalue weighted by Gasteiger charge is 1.99. The molecule has 71 valence electrons. The number of rotatable bonds is 1. The predicted molar refractivity (Wildman–Crippen MR) is 66.1 cm³/mol. The van der Waals surface area contributed by atoms with Gasteiger partial charge in [-0.25, -0.2) is 0 Å². The SMILES string of the molecule is [c]1ccc(-c2ccc3ccsc3c2)cc1. The van der Waals surface area contributed by atoms with E-state index in [2.05, 4.69) is 47.8 Å². The maximum atomic E-state index is 3.04. The van der Waals surface area contributed by atoms with Gasteiger partial charge in [-0.2, -0.15) is 0 Å². The molecule has 0 fully saturated rings. The number of benzene rings is 2. The highest BCUT2D eigenvalue weighted by molar-refractivity contribution is 7.17. The van der Waals surface area contributed by atoms with E-state index in [1.54, 1.807) is 11.3 Å². The van der Waals surface area contributed by atoms with E-state index >= 15 is 0 Å². The van der Waals surface area contributed by atoms with Crippen LogP contribution in [0.3, 0.4) is 0 Å². The van der Waals surface area contributed by atoms with E-state index in [-0.39, 0.29) is 0 Å². The summed E-state index contributed by atoms with van der Waals surface area (Å²) in [6.07, 6.45) is 0. The van der Waals surface area contributed by atoms with Gasteiger partial charge in [-0.05, 0) is 40.1 Å². The van der Waals surface area contributed by atoms with Crippen molar-refractivity contribution in [2.75, 3.05) is 0 Å². The Bertz CT molecular complexity index is 578. The molecule has 0 saturated heterocycles. The zero-order valence-electron chi connectivity index (χ0n) is 8.10. The van der Waals surface area contributed by atoms with Crippen LogP contribution in [0.4, 0.5) is 0 Å². The molecule has 0 saturated carbocycles. The lowest BCUT2D eigenvalue weighted by atomic mass is 10.1. The molecule has 0 amide bonds. The van der Waals surface area contributed by atoms with Gasteiger partial charge in [0.05, 0.1) is 0 Å². The molecule has 3 rings (SSSR count). The minimum Gasteiger partial charge on any atom is -0.144 e. The Morgan fingerprint density at radius 2 is 1.73 bits per heavy atom. The van der Waals surface area contributed by atoms with Gasteiger partial charge < -0.3 is 0 Å². The third kappa shape index (κ3) is 1.55. The minimum atomic E-state index is 1.25. The molecule has 1 aromatic heterocycles. The van der Waals surface area contributed by atoms with Crippen LogP contribution < -0.4 is 0 Å². The molecule has 15 heavy (non-hydrogen) atoms. The van der Waals surface area contributed by atoms with E-state index in [1.165, 1.54) is 21.2 Å². The maximum absolute atomic E-state index is 3.04. The van der Waals surface area contributed by atoms with Crippen LogP contribution in [0.1, 0.15) is 0 Å². The molecule has 1 heterocycles. The summed E-state index contributed by atoms with van der Waals surface area (Å²) in [5.74, 6) is 0. The first kappa shape index (κ1) is 8.69. The fourth-order valence-electron chi connectivity index (χ4n) is 1.71. The van der Waals surface area contributed by atoms with Crippen LogP contribution in [0.15, 0.2) is 53.9 Å². The second-order valence-corrected chi connectivity index (χ2v) is 4.41. The van der Waals surface area contributed by atoms with Gasteiger partial charge >= 0.3 is 0 Å². The van der Waals surface area contributed by atoms with Crippen molar-refractivity contribution in [1.82, 2.24) is 0 Å². The van der Waals surface area contributed by atoms with Gasteiger partial charge in [0.1, 0.15) is 0 Å². The monoisotopic (exact) mass is 209 g/mol. The van der Waals surface area contributed by atoms with Crippen molar-refractivity contribution < 1.29 is 0 Å². The van der Waals surface area contributed by atoms with Crippen molar-refractivity contribution in [1.29, 1.82) is 0 Å². The molecule has 0 bridgehead atoms. The summed E-state index contributed by atoms with van der Waals surface area (Å²) >= 11 is 1.79. The van der Waals surface area contributed by atoms with E-state index in [0.717, 1.165) is 0 Å². The Morgan fingerprint density at radius 3 is 2.60 bits per heavy atom. The van der Waals surface area contributed by atoms with Crippen LogP contribution in [0.2, 0.25) is 0 Å². The van der Waals surface area contributed by atoms with Crippen LogP contribution in [-0.2, 0) is 0 Å². The van der Waals surface area contributed by atoms with Gasteiger partial charge in [0.2, 0.25) is 0 Å². The molecule has 0 unspecified atom stereocenters. The molecule has 0 aliphatic rings. The standard InChI is InChI=1S/C14H9S/c1-2-4-11(5-3-1)13-7-6-12-8-9-15-14(12)10-13/h2-10H. The predicted octanol–water partition coefficient (Wildman–Crippen LogP) is 4.37. The topological polar surface area (TPSA) is 0 Å². The van der Waals surface area contributed by atoms with Gasteiger partial charge in [-0.15, -0.1) is 11.3 Å². The number of thiophene rings is 1. The quantitative estimate of drug-likeness (QED) is 0.558. The van der Waals surface area contributed by atoms with Crippen LogP contribution in [0.5, 0.6) is 0 Å². The lowest BCUT2D eigenvalue weighted by molar-refractivity contribution is 1.65. The first-order chi connectivity index (χ1) is 7.43. The molecule has 0 aliphatic carbocycles. The molecule has 1 heteroatoms. The summed E-state index contributed by atoms with van der Waals surface area (Å²) < 4.78 is 1.35. The van der Waals surface area contributed by atoms with Crippen molar-refractivity contribution in [3.63, 3.8) is 0 Å². The number of hydrogen-bond acceptors (Lipinski definition) is 1. The maximum Gasteiger partial charge on any atom is 0.0348 e. The Hall–Kier alpha value is -1.60. The van der Waals surface area contributed by atoms with E-state index in [9.17, 15) is 0 Å². The Labute approximate surface area is 92.8 Å². The highest BCUT2D eigenvalue weighted by Crippen LogP contribution is 2.27. The smallest absolute Gasteiger partial charge is 0.0348 e. The summed E-state index contributed by atoms with van der Waals surface area (Å²) in [4.78, 5) is 0. The Kier molecular flexibility index (Phi) is 2.04. The van der Waals surface area contributed by atoms with Gasteiger partial charge in [0.25, 0.3) is 0 Å². The summed E-state index contributed by atoms with van der Waals surface area (Å²) in [5.41, 5.74) is 2.53. The fourth-order valence-corrected chi connectivity index (χ4v) is 2.54. The van der Waals surface area contributed by atoms with Crippen molar-refractivity contribution in [3.8, 4) is 11.1 Å². The summed E-state index contributed by atoms with van der Waals surface area (Å²) in [6.45, 7) is 0. The van der Waals surface area contributed by atoms with Crippen molar-refractivity contribution >= 4 is 21.4 Å². The average Bonchev–Trinajstić information content (AvgIpc) is 2.77. The van der Waals surface area contributed by atoms with Crippen LogP contribution in [-0.4, -0.2) is 0 Å². The minimum absolute atomic E-state index is 1.25. The first-order valence-corrected chi connectivity index (χ1v) is 5.75. The Balaban J connectivity index is 2.19. The van der Waals surface area contributed by atoms with Gasteiger partial charge in [0, 0.05) is 4.70 Å².